The molecule has 0 aliphatic carbocycles. The van der Waals surface area contributed by atoms with Gasteiger partial charge in [-0.3, -0.25) is 10.1 Å². The van der Waals surface area contributed by atoms with E-state index in [9.17, 15) is 9.90 Å². The Morgan fingerprint density at radius 3 is 2.79 bits per heavy atom. The van der Waals surface area contributed by atoms with Crippen LogP contribution in [0.5, 0.6) is 0 Å². The van der Waals surface area contributed by atoms with Crippen LogP contribution in [0.4, 0.5) is 0 Å². The molecule has 0 amide bonds. The van der Waals surface area contributed by atoms with Crippen LogP contribution in [0, 0.1) is 0 Å². The zero-order valence-corrected chi connectivity index (χ0v) is 15.5. The first-order chi connectivity index (χ1) is 13.6. The minimum atomic E-state index is -0.873. The highest BCUT2D eigenvalue weighted by atomic mass is 35.5. The van der Waals surface area contributed by atoms with Crippen LogP contribution in [0.3, 0.4) is 0 Å². The summed E-state index contributed by atoms with van der Waals surface area (Å²) in [4.78, 5) is 15.2. The van der Waals surface area contributed by atoms with Crippen LogP contribution in [0.2, 0.25) is 5.02 Å². The number of halogens is 1. The van der Waals surface area contributed by atoms with Crippen molar-refractivity contribution < 1.29 is 14.3 Å². The lowest BCUT2D eigenvalue weighted by Crippen LogP contribution is -2.44. The summed E-state index contributed by atoms with van der Waals surface area (Å²) in [6, 6.07) is 18.1. The molecule has 1 aliphatic rings. The number of aromatic amines is 1. The Labute approximate surface area is 165 Å². The van der Waals surface area contributed by atoms with Crippen LogP contribution in [-0.2, 0) is 11.2 Å². The Kier molecular flexibility index (Phi) is 4.00. The van der Waals surface area contributed by atoms with E-state index in [2.05, 4.69) is 10.3 Å². The fourth-order valence-electron chi connectivity index (χ4n) is 3.92. The van der Waals surface area contributed by atoms with Crippen molar-refractivity contribution >= 4 is 28.5 Å². The molecule has 0 spiro atoms. The van der Waals surface area contributed by atoms with Crippen molar-refractivity contribution in [1.82, 2.24) is 10.3 Å². The molecule has 3 heterocycles. The van der Waals surface area contributed by atoms with Crippen LogP contribution in [-0.4, -0.2) is 22.1 Å². The number of aromatic nitrogens is 1. The predicted octanol–water partition coefficient (Wildman–Crippen LogP) is 4.77. The zero-order chi connectivity index (χ0) is 19.3. The molecule has 0 bridgehead atoms. The second kappa shape index (κ2) is 6.55. The lowest BCUT2D eigenvalue weighted by Gasteiger charge is -2.27. The molecule has 0 saturated carbocycles. The van der Waals surface area contributed by atoms with Gasteiger partial charge in [-0.15, -0.1) is 0 Å². The summed E-state index contributed by atoms with van der Waals surface area (Å²) >= 11 is 6.09. The fourth-order valence-corrected chi connectivity index (χ4v) is 4.11. The number of carboxylic acid groups (broad SMARTS) is 1. The molecule has 5 rings (SSSR count). The van der Waals surface area contributed by atoms with E-state index < -0.39 is 12.0 Å². The van der Waals surface area contributed by atoms with Gasteiger partial charge < -0.3 is 14.5 Å². The first-order valence-electron chi connectivity index (χ1n) is 9.04. The van der Waals surface area contributed by atoms with Gasteiger partial charge in [0.15, 0.2) is 0 Å². The molecule has 0 saturated heterocycles. The third-order valence-corrected chi connectivity index (χ3v) is 5.47. The Morgan fingerprint density at radius 2 is 1.96 bits per heavy atom. The van der Waals surface area contributed by atoms with E-state index in [0.29, 0.717) is 23.0 Å². The third kappa shape index (κ3) is 2.80. The number of aliphatic carboxylic acids is 1. The second-order valence-electron chi connectivity index (χ2n) is 6.97. The largest absolute Gasteiger partial charge is 0.480 e. The van der Waals surface area contributed by atoms with Gasteiger partial charge in [-0.25, -0.2) is 0 Å². The van der Waals surface area contributed by atoms with Crippen LogP contribution in [0.1, 0.15) is 23.1 Å². The van der Waals surface area contributed by atoms with Crippen molar-refractivity contribution in [2.24, 2.45) is 0 Å². The molecule has 28 heavy (non-hydrogen) atoms. The van der Waals surface area contributed by atoms with Gasteiger partial charge in [0.25, 0.3) is 0 Å². The minimum absolute atomic E-state index is 0.370. The number of hydrogen-bond acceptors (Lipinski definition) is 3. The number of carboxylic acids is 1. The van der Waals surface area contributed by atoms with Gasteiger partial charge in [0.1, 0.15) is 23.6 Å². The number of hydrogen-bond donors (Lipinski definition) is 3. The topological polar surface area (TPSA) is 78.3 Å². The van der Waals surface area contributed by atoms with Crippen LogP contribution in [0.25, 0.3) is 22.2 Å². The number of fused-ring (bicyclic) bond motifs is 3. The molecular weight excluding hydrogens is 376 g/mol. The van der Waals surface area contributed by atoms with Crippen molar-refractivity contribution in [2.75, 3.05) is 0 Å². The summed E-state index contributed by atoms with van der Waals surface area (Å²) in [5.41, 5.74) is 3.84. The lowest BCUT2D eigenvalue weighted by molar-refractivity contribution is -0.139. The Bertz CT molecular complexity index is 1190. The SMILES string of the molecule is O=C(O)[C@H]1Cc2c([nH]c3ccccc23)[C@H](c2ccc(-c3cccc(Cl)c3)o2)N1. The van der Waals surface area contributed by atoms with Gasteiger partial charge in [-0.1, -0.05) is 41.9 Å². The monoisotopic (exact) mass is 392 g/mol. The Balaban J connectivity index is 1.61. The van der Waals surface area contributed by atoms with Crippen molar-refractivity contribution in [1.29, 1.82) is 0 Å². The maximum atomic E-state index is 11.7. The van der Waals surface area contributed by atoms with Gasteiger partial charge in [-0.05, 0) is 35.9 Å². The van der Waals surface area contributed by atoms with E-state index in [0.717, 1.165) is 27.7 Å². The lowest BCUT2D eigenvalue weighted by atomic mass is 9.93. The average molecular weight is 393 g/mol. The molecule has 6 heteroatoms. The molecule has 0 radical (unpaired) electrons. The molecule has 1 aliphatic heterocycles. The smallest absolute Gasteiger partial charge is 0.321 e. The van der Waals surface area contributed by atoms with Gasteiger partial charge >= 0.3 is 5.97 Å². The first-order valence-corrected chi connectivity index (χ1v) is 9.42. The summed E-state index contributed by atoms with van der Waals surface area (Å²) in [5.74, 6) is 0.477. The van der Waals surface area contributed by atoms with Gasteiger partial charge in [0.05, 0.1) is 0 Å². The molecule has 140 valence electrons. The average Bonchev–Trinajstić information content (AvgIpc) is 3.32. The summed E-state index contributed by atoms with van der Waals surface area (Å²) in [6.45, 7) is 0. The maximum Gasteiger partial charge on any atom is 0.321 e. The standard InChI is InChI=1S/C22H17ClN2O3/c23-13-5-3-4-12(10-13)18-8-9-19(28-18)21-20-15(11-17(25-21)22(26)27)14-6-1-2-7-16(14)24-20/h1-10,17,21,24-25H,11H2,(H,26,27)/t17-,21+/m1/s1. The van der Waals surface area contributed by atoms with E-state index in [1.54, 1.807) is 0 Å². The zero-order valence-electron chi connectivity index (χ0n) is 14.8. The summed E-state index contributed by atoms with van der Waals surface area (Å²) < 4.78 is 6.11. The van der Waals surface area contributed by atoms with Gasteiger partial charge in [0, 0.05) is 33.6 Å². The van der Waals surface area contributed by atoms with Crippen molar-refractivity contribution in [3.8, 4) is 11.3 Å². The number of H-pyrrole nitrogens is 1. The summed E-state index contributed by atoms with van der Waals surface area (Å²) in [7, 11) is 0. The third-order valence-electron chi connectivity index (χ3n) is 5.23. The van der Waals surface area contributed by atoms with Crippen molar-refractivity contribution in [3.05, 3.63) is 82.7 Å². The molecular formula is C22H17ClN2O3. The Hall–Kier alpha value is -3.02. The number of rotatable bonds is 3. The quantitative estimate of drug-likeness (QED) is 0.469. The number of nitrogens with one attached hydrogen (secondary N) is 2. The molecule has 5 nitrogen and oxygen atoms in total. The molecule has 3 N–H and O–H groups in total. The van der Waals surface area contributed by atoms with E-state index in [1.807, 2.05) is 60.7 Å². The number of para-hydroxylation sites is 1. The minimum Gasteiger partial charge on any atom is -0.480 e. The highest BCUT2D eigenvalue weighted by molar-refractivity contribution is 6.30. The highest BCUT2D eigenvalue weighted by Crippen LogP contribution is 2.37. The molecule has 0 fully saturated rings. The normalized spacial score (nSPS) is 18.9. The second-order valence-corrected chi connectivity index (χ2v) is 7.41. The van der Waals surface area contributed by atoms with Gasteiger partial charge in [-0.2, -0.15) is 0 Å². The van der Waals surface area contributed by atoms with E-state index in [4.69, 9.17) is 16.0 Å². The maximum absolute atomic E-state index is 11.7. The van der Waals surface area contributed by atoms with Crippen LogP contribution >= 0.6 is 11.6 Å². The number of furan rings is 1. The molecule has 0 unspecified atom stereocenters. The molecule has 2 aromatic carbocycles. The number of benzene rings is 2. The first kappa shape index (κ1) is 17.1. The van der Waals surface area contributed by atoms with E-state index in [-0.39, 0.29) is 6.04 Å². The fraction of sp³-hybridized carbons (Fsp3) is 0.136. The van der Waals surface area contributed by atoms with Gasteiger partial charge in [0.2, 0.25) is 0 Å². The highest BCUT2D eigenvalue weighted by Gasteiger charge is 2.35. The molecule has 2 aromatic heterocycles. The van der Waals surface area contributed by atoms with Crippen molar-refractivity contribution in [3.63, 3.8) is 0 Å². The van der Waals surface area contributed by atoms with E-state index in [1.165, 1.54) is 0 Å². The predicted molar refractivity (Wildman–Crippen MR) is 108 cm³/mol. The molecule has 2 atom stereocenters. The van der Waals surface area contributed by atoms with E-state index >= 15 is 0 Å². The molecule has 4 aromatic rings. The number of carbonyl (C=O) groups is 1. The van der Waals surface area contributed by atoms with Crippen LogP contribution in [0.15, 0.2) is 65.1 Å². The summed E-state index contributed by atoms with van der Waals surface area (Å²) in [6.07, 6.45) is 0.424. The summed E-state index contributed by atoms with van der Waals surface area (Å²) in [5, 5.41) is 14.5. The van der Waals surface area contributed by atoms with Crippen molar-refractivity contribution in [2.45, 2.75) is 18.5 Å². The van der Waals surface area contributed by atoms with Crippen LogP contribution < -0.4 is 5.32 Å². The Morgan fingerprint density at radius 1 is 1.11 bits per heavy atom.